The number of aliphatic hydroxyl groups is 1. The minimum atomic E-state index is -0.405. The molecule has 2 aromatic carbocycles. The third-order valence-electron chi connectivity index (χ3n) is 3.16. The Kier molecular flexibility index (Phi) is 6.15. The number of aryl methyl sites for hydroxylation is 1. The Morgan fingerprint density at radius 3 is 2.71 bits per heavy atom. The first kappa shape index (κ1) is 16.4. The summed E-state index contributed by atoms with van der Waals surface area (Å²) in [6, 6.07) is 14.1. The summed E-state index contributed by atoms with van der Waals surface area (Å²) in [5.41, 5.74) is 2.23. The maximum Gasteiger partial charge on any atom is 0.122 e. The molecular weight excluding hydrogens is 348 g/mol. The lowest BCUT2D eigenvalue weighted by Gasteiger charge is -2.14. The van der Waals surface area contributed by atoms with Crippen molar-refractivity contribution in [3.05, 3.63) is 58.1 Å². The van der Waals surface area contributed by atoms with Gasteiger partial charge in [0, 0.05) is 21.5 Å². The van der Waals surface area contributed by atoms with E-state index in [0.29, 0.717) is 12.2 Å². The molecule has 0 saturated heterocycles. The molecule has 0 aliphatic heterocycles. The quantitative estimate of drug-likeness (QED) is 0.765. The van der Waals surface area contributed by atoms with Crippen molar-refractivity contribution >= 4 is 27.7 Å². The van der Waals surface area contributed by atoms with Crippen LogP contribution in [0.1, 0.15) is 11.1 Å². The summed E-state index contributed by atoms with van der Waals surface area (Å²) in [6.07, 6.45) is 0.195. The minimum Gasteiger partial charge on any atom is -0.496 e. The lowest BCUT2D eigenvalue weighted by Crippen LogP contribution is -2.14. The molecule has 4 heteroatoms. The van der Waals surface area contributed by atoms with Gasteiger partial charge in [-0.25, -0.2) is 0 Å². The van der Waals surface area contributed by atoms with E-state index in [-0.39, 0.29) is 0 Å². The first-order valence-electron chi connectivity index (χ1n) is 6.79. The van der Waals surface area contributed by atoms with Crippen molar-refractivity contribution in [2.24, 2.45) is 0 Å². The highest BCUT2D eigenvalue weighted by Gasteiger charge is 2.11. The van der Waals surface area contributed by atoms with Gasteiger partial charge < -0.3 is 9.84 Å². The molecule has 0 amide bonds. The third kappa shape index (κ3) is 4.77. The molecule has 0 radical (unpaired) electrons. The highest BCUT2D eigenvalue weighted by Crippen LogP contribution is 2.28. The van der Waals surface area contributed by atoms with Gasteiger partial charge in [-0.1, -0.05) is 29.8 Å². The summed E-state index contributed by atoms with van der Waals surface area (Å²) >= 11 is 5.18. The predicted molar refractivity (Wildman–Crippen MR) is 92.3 cm³/mol. The Labute approximate surface area is 138 Å². The Hall–Kier alpha value is -0.970. The molecule has 0 aliphatic rings. The van der Waals surface area contributed by atoms with Crippen molar-refractivity contribution in [1.29, 1.82) is 0 Å². The second-order valence-electron chi connectivity index (χ2n) is 4.91. The fourth-order valence-electron chi connectivity index (χ4n) is 2.13. The number of hydrogen-bond donors (Lipinski definition) is 1. The minimum absolute atomic E-state index is 0.405. The second kappa shape index (κ2) is 7.87. The van der Waals surface area contributed by atoms with Crippen LogP contribution < -0.4 is 4.74 Å². The highest BCUT2D eigenvalue weighted by atomic mass is 79.9. The number of benzene rings is 2. The zero-order valence-corrected chi connectivity index (χ0v) is 14.6. The SMILES string of the molecule is COc1ccc(C)cc1CC(O)CSc1ccccc1Br. The normalized spacial score (nSPS) is 12.2. The number of halogens is 1. The van der Waals surface area contributed by atoms with Crippen LogP contribution in [0, 0.1) is 6.92 Å². The molecule has 2 aromatic rings. The van der Waals surface area contributed by atoms with Crippen molar-refractivity contribution < 1.29 is 9.84 Å². The number of ether oxygens (including phenoxy) is 1. The van der Waals surface area contributed by atoms with Gasteiger partial charge in [0.15, 0.2) is 0 Å². The van der Waals surface area contributed by atoms with Crippen LogP contribution in [0.15, 0.2) is 51.8 Å². The largest absolute Gasteiger partial charge is 0.496 e. The zero-order chi connectivity index (χ0) is 15.2. The van der Waals surface area contributed by atoms with E-state index in [0.717, 1.165) is 20.7 Å². The summed E-state index contributed by atoms with van der Waals surface area (Å²) in [5.74, 6) is 1.49. The Balaban J connectivity index is 1.97. The smallest absolute Gasteiger partial charge is 0.122 e. The van der Waals surface area contributed by atoms with Gasteiger partial charge in [0.05, 0.1) is 13.2 Å². The third-order valence-corrected chi connectivity index (χ3v) is 5.33. The van der Waals surface area contributed by atoms with Crippen LogP contribution in [-0.2, 0) is 6.42 Å². The monoisotopic (exact) mass is 366 g/mol. The van der Waals surface area contributed by atoms with Crippen molar-refractivity contribution in [3.8, 4) is 5.75 Å². The Morgan fingerprint density at radius 2 is 2.00 bits per heavy atom. The van der Waals surface area contributed by atoms with E-state index in [1.165, 1.54) is 5.56 Å². The number of methoxy groups -OCH3 is 1. The summed E-state index contributed by atoms with van der Waals surface area (Å²) in [4.78, 5) is 1.15. The maximum atomic E-state index is 10.3. The van der Waals surface area contributed by atoms with Crippen LogP contribution in [0.2, 0.25) is 0 Å². The van der Waals surface area contributed by atoms with Gasteiger partial charge in [0.25, 0.3) is 0 Å². The Morgan fingerprint density at radius 1 is 1.24 bits per heavy atom. The van der Waals surface area contributed by atoms with Gasteiger partial charge >= 0.3 is 0 Å². The van der Waals surface area contributed by atoms with Crippen LogP contribution in [0.25, 0.3) is 0 Å². The summed E-state index contributed by atoms with van der Waals surface area (Å²) in [7, 11) is 1.66. The molecule has 0 aliphatic carbocycles. The standard InChI is InChI=1S/C17H19BrO2S/c1-12-7-8-16(20-2)13(9-12)10-14(19)11-21-17-6-4-3-5-15(17)18/h3-9,14,19H,10-11H2,1-2H3. The van der Waals surface area contributed by atoms with Crippen molar-refractivity contribution in [2.45, 2.75) is 24.3 Å². The molecule has 0 spiro atoms. The first-order chi connectivity index (χ1) is 10.1. The maximum absolute atomic E-state index is 10.3. The van der Waals surface area contributed by atoms with Crippen LogP contribution in [-0.4, -0.2) is 24.1 Å². The van der Waals surface area contributed by atoms with Crippen LogP contribution in [0.4, 0.5) is 0 Å². The molecular formula is C17H19BrO2S. The van der Waals surface area contributed by atoms with Gasteiger partial charge in [-0.15, -0.1) is 11.8 Å². The van der Waals surface area contributed by atoms with Crippen molar-refractivity contribution in [1.82, 2.24) is 0 Å². The molecule has 1 N–H and O–H groups in total. The fraction of sp³-hybridized carbons (Fsp3) is 0.294. The number of rotatable bonds is 6. The van der Waals surface area contributed by atoms with E-state index in [1.807, 2.05) is 37.3 Å². The van der Waals surface area contributed by atoms with Crippen molar-refractivity contribution in [3.63, 3.8) is 0 Å². The summed E-state index contributed by atoms with van der Waals surface area (Å²) in [6.45, 7) is 2.05. The first-order valence-corrected chi connectivity index (χ1v) is 8.57. The van der Waals surface area contributed by atoms with Crippen LogP contribution in [0.5, 0.6) is 5.75 Å². The lowest BCUT2D eigenvalue weighted by atomic mass is 10.0. The predicted octanol–water partition coefficient (Wildman–Crippen LogP) is 4.46. The van der Waals surface area contributed by atoms with Crippen LogP contribution >= 0.6 is 27.7 Å². The van der Waals surface area contributed by atoms with Gasteiger partial charge in [-0.2, -0.15) is 0 Å². The van der Waals surface area contributed by atoms with Gasteiger partial charge in [-0.05, 0) is 46.6 Å². The molecule has 112 valence electrons. The molecule has 2 rings (SSSR count). The molecule has 2 nitrogen and oxygen atoms in total. The molecule has 21 heavy (non-hydrogen) atoms. The topological polar surface area (TPSA) is 29.5 Å². The molecule has 0 bridgehead atoms. The molecule has 1 unspecified atom stereocenters. The van der Waals surface area contributed by atoms with E-state index >= 15 is 0 Å². The van der Waals surface area contributed by atoms with E-state index < -0.39 is 6.10 Å². The zero-order valence-electron chi connectivity index (χ0n) is 12.2. The number of aliphatic hydroxyl groups excluding tert-OH is 1. The van der Waals surface area contributed by atoms with E-state index in [2.05, 4.69) is 28.1 Å². The van der Waals surface area contributed by atoms with Gasteiger partial charge in [-0.3, -0.25) is 0 Å². The fourth-order valence-corrected chi connectivity index (χ4v) is 3.63. The number of hydrogen-bond acceptors (Lipinski definition) is 3. The lowest BCUT2D eigenvalue weighted by molar-refractivity contribution is 0.198. The highest BCUT2D eigenvalue weighted by molar-refractivity contribution is 9.10. The Bertz CT molecular complexity index is 601. The van der Waals surface area contributed by atoms with Gasteiger partial charge in [0.1, 0.15) is 5.75 Å². The summed E-state index contributed by atoms with van der Waals surface area (Å²) < 4.78 is 6.42. The van der Waals surface area contributed by atoms with Crippen molar-refractivity contribution in [2.75, 3.05) is 12.9 Å². The van der Waals surface area contributed by atoms with E-state index in [1.54, 1.807) is 18.9 Å². The molecule has 1 atom stereocenters. The molecule has 0 saturated carbocycles. The molecule has 0 fully saturated rings. The van der Waals surface area contributed by atoms with Gasteiger partial charge in [0.2, 0.25) is 0 Å². The average Bonchev–Trinajstić information content (AvgIpc) is 2.47. The molecule has 0 heterocycles. The second-order valence-corrected chi connectivity index (χ2v) is 6.83. The number of thioether (sulfide) groups is 1. The van der Waals surface area contributed by atoms with E-state index in [4.69, 9.17) is 4.74 Å². The summed E-state index contributed by atoms with van der Waals surface area (Å²) in [5, 5.41) is 10.3. The van der Waals surface area contributed by atoms with Crippen LogP contribution in [0.3, 0.4) is 0 Å². The molecule has 0 aromatic heterocycles. The van der Waals surface area contributed by atoms with E-state index in [9.17, 15) is 5.11 Å². The average molecular weight is 367 g/mol.